The second-order valence-corrected chi connectivity index (χ2v) is 5.86. The molecule has 0 aromatic heterocycles. The first kappa shape index (κ1) is 16.9. The first-order valence-electron chi connectivity index (χ1n) is 7.82. The lowest BCUT2D eigenvalue weighted by molar-refractivity contribution is -0.114. The van der Waals surface area contributed by atoms with Crippen molar-refractivity contribution in [2.45, 2.75) is 33.8 Å². The summed E-state index contributed by atoms with van der Waals surface area (Å²) in [7, 11) is 0. The van der Waals surface area contributed by atoms with Crippen LogP contribution in [0.25, 0.3) is 0 Å². The van der Waals surface area contributed by atoms with Gasteiger partial charge >= 0.3 is 0 Å². The maximum Gasteiger partial charge on any atom is 0.243 e. The summed E-state index contributed by atoms with van der Waals surface area (Å²) in [6.07, 6.45) is 0.150. The summed E-state index contributed by atoms with van der Waals surface area (Å²) in [5, 5.41) is 6.08. The summed E-state index contributed by atoms with van der Waals surface area (Å²) in [5.41, 5.74) is 3.90. The average Bonchev–Trinajstić information content (AvgIpc) is 2.50. The third-order valence-electron chi connectivity index (χ3n) is 3.42. The van der Waals surface area contributed by atoms with Gasteiger partial charge in [-0.15, -0.1) is 0 Å². The van der Waals surface area contributed by atoms with Crippen molar-refractivity contribution in [3.05, 3.63) is 53.6 Å². The van der Waals surface area contributed by atoms with Crippen molar-refractivity contribution in [1.82, 2.24) is 0 Å². The zero-order valence-electron chi connectivity index (χ0n) is 14.1. The molecule has 2 aromatic rings. The molecule has 0 heterocycles. The average molecular weight is 312 g/mol. The molecule has 122 valence electrons. The van der Waals surface area contributed by atoms with Crippen LogP contribution in [0, 0.1) is 13.8 Å². The number of amides is 1. The normalized spacial score (nSPS) is 10.5. The van der Waals surface area contributed by atoms with Crippen LogP contribution < -0.4 is 15.4 Å². The molecule has 0 aliphatic heterocycles. The minimum Gasteiger partial charge on any atom is -0.491 e. The SMILES string of the molecule is Cc1cccc(C)c1NC(=O)CNc1ccc(OC(C)C)cc1. The lowest BCUT2D eigenvalue weighted by atomic mass is 10.1. The number of ether oxygens (including phenoxy) is 1. The molecule has 0 atom stereocenters. The summed E-state index contributed by atoms with van der Waals surface area (Å²) in [6.45, 7) is 8.18. The van der Waals surface area contributed by atoms with Crippen molar-refractivity contribution in [3.8, 4) is 5.75 Å². The molecule has 0 saturated carbocycles. The van der Waals surface area contributed by atoms with E-state index in [0.29, 0.717) is 0 Å². The lowest BCUT2D eigenvalue weighted by Gasteiger charge is -2.13. The Morgan fingerprint density at radius 3 is 2.22 bits per heavy atom. The van der Waals surface area contributed by atoms with Crippen molar-refractivity contribution < 1.29 is 9.53 Å². The Hall–Kier alpha value is -2.49. The molecule has 0 aliphatic rings. The highest BCUT2D eigenvalue weighted by molar-refractivity contribution is 5.95. The Morgan fingerprint density at radius 2 is 1.65 bits per heavy atom. The second-order valence-electron chi connectivity index (χ2n) is 5.86. The highest BCUT2D eigenvalue weighted by Crippen LogP contribution is 2.20. The smallest absolute Gasteiger partial charge is 0.243 e. The van der Waals surface area contributed by atoms with Gasteiger partial charge in [0.25, 0.3) is 0 Å². The Labute approximate surface area is 137 Å². The van der Waals surface area contributed by atoms with E-state index in [1.165, 1.54) is 0 Å². The minimum atomic E-state index is -0.0649. The Morgan fingerprint density at radius 1 is 1.04 bits per heavy atom. The van der Waals surface area contributed by atoms with Crippen LogP contribution in [0.5, 0.6) is 5.75 Å². The number of hydrogen-bond acceptors (Lipinski definition) is 3. The molecule has 4 heteroatoms. The maximum atomic E-state index is 12.1. The van der Waals surface area contributed by atoms with Crippen LogP contribution in [0.1, 0.15) is 25.0 Å². The van der Waals surface area contributed by atoms with Gasteiger partial charge in [-0.25, -0.2) is 0 Å². The molecule has 2 N–H and O–H groups in total. The number of hydrogen-bond donors (Lipinski definition) is 2. The van der Waals surface area contributed by atoms with E-state index in [-0.39, 0.29) is 18.6 Å². The number of aryl methyl sites for hydroxylation is 2. The van der Waals surface area contributed by atoms with E-state index in [2.05, 4.69) is 10.6 Å². The monoisotopic (exact) mass is 312 g/mol. The summed E-state index contributed by atoms with van der Waals surface area (Å²) in [6, 6.07) is 13.6. The molecule has 1 amide bonds. The fraction of sp³-hybridized carbons (Fsp3) is 0.316. The molecular weight excluding hydrogens is 288 g/mol. The van der Waals surface area contributed by atoms with E-state index in [1.807, 2.05) is 70.2 Å². The van der Waals surface area contributed by atoms with Gasteiger partial charge in [0.1, 0.15) is 5.75 Å². The van der Waals surface area contributed by atoms with Crippen LogP contribution in [0.15, 0.2) is 42.5 Å². The molecule has 0 aliphatic carbocycles. The van der Waals surface area contributed by atoms with Crippen LogP contribution in [0.4, 0.5) is 11.4 Å². The summed E-state index contributed by atoms with van der Waals surface area (Å²) < 4.78 is 5.59. The molecule has 0 spiro atoms. The number of carbonyl (C=O) groups excluding carboxylic acids is 1. The fourth-order valence-corrected chi connectivity index (χ4v) is 2.30. The largest absolute Gasteiger partial charge is 0.491 e. The van der Waals surface area contributed by atoms with Gasteiger partial charge in [-0.05, 0) is 63.1 Å². The minimum absolute atomic E-state index is 0.0649. The van der Waals surface area contributed by atoms with Gasteiger partial charge in [0.2, 0.25) is 5.91 Å². The molecule has 0 fully saturated rings. The summed E-state index contributed by atoms with van der Waals surface area (Å²) in [5.74, 6) is 0.760. The second kappa shape index (κ2) is 7.68. The van der Waals surface area contributed by atoms with Crippen LogP contribution in [-0.4, -0.2) is 18.6 Å². The van der Waals surface area contributed by atoms with Crippen molar-refractivity contribution >= 4 is 17.3 Å². The molecule has 23 heavy (non-hydrogen) atoms. The van der Waals surface area contributed by atoms with Gasteiger partial charge in [0, 0.05) is 11.4 Å². The molecule has 0 bridgehead atoms. The molecule has 0 unspecified atom stereocenters. The van der Waals surface area contributed by atoms with Crippen molar-refractivity contribution in [2.24, 2.45) is 0 Å². The molecule has 2 rings (SSSR count). The lowest BCUT2D eigenvalue weighted by Crippen LogP contribution is -2.22. The van der Waals surface area contributed by atoms with Crippen molar-refractivity contribution in [3.63, 3.8) is 0 Å². The van der Waals surface area contributed by atoms with Gasteiger partial charge in [0.15, 0.2) is 0 Å². The van der Waals surface area contributed by atoms with E-state index >= 15 is 0 Å². The van der Waals surface area contributed by atoms with Crippen LogP contribution in [-0.2, 0) is 4.79 Å². The van der Waals surface area contributed by atoms with Gasteiger partial charge < -0.3 is 15.4 Å². The fourth-order valence-electron chi connectivity index (χ4n) is 2.30. The van der Waals surface area contributed by atoms with Gasteiger partial charge in [0.05, 0.1) is 12.6 Å². The van der Waals surface area contributed by atoms with Crippen LogP contribution >= 0.6 is 0 Å². The predicted molar refractivity (Wildman–Crippen MR) is 95.2 cm³/mol. The topological polar surface area (TPSA) is 50.4 Å². The number of benzene rings is 2. The zero-order valence-corrected chi connectivity index (χ0v) is 14.1. The molecule has 0 saturated heterocycles. The van der Waals surface area contributed by atoms with E-state index < -0.39 is 0 Å². The van der Waals surface area contributed by atoms with E-state index in [1.54, 1.807) is 0 Å². The zero-order chi connectivity index (χ0) is 16.8. The van der Waals surface area contributed by atoms with Gasteiger partial charge in [-0.3, -0.25) is 4.79 Å². The molecule has 2 aromatic carbocycles. The highest BCUT2D eigenvalue weighted by atomic mass is 16.5. The molecule has 4 nitrogen and oxygen atoms in total. The Balaban J connectivity index is 1.89. The number of carbonyl (C=O) groups is 1. The quantitative estimate of drug-likeness (QED) is 0.843. The number of para-hydroxylation sites is 1. The van der Waals surface area contributed by atoms with Crippen LogP contribution in [0.2, 0.25) is 0 Å². The first-order chi connectivity index (χ1) is 11.0. The highest BCUT2D eigenvalue weighted by Gasteiger charge is 2.07. The van der Waals surface area contributed by atoms with Crippen molar-refractivity contribution in [2.75, 3.05) is 17.2 Å². The standard InChI is InChI=1S/C19H24N2O2/c1-13(2)23-17-10-8-16(9-11-17)20-12-18(22)21-19-14(3)6-5-7-15(19)4/h5-11,13,20H,12H2,1-4H3,(H,21,22). The maximum absolute atomic E-state index is 12.1. The third kappa shape index (κ3) is 5.02. The van der Waals surface area contributed by atoms with Crippen LogP contribution in [0.3, 0.4) is 0 Å². The van der Waals surface area contributed by atoms with E-state index in [9.17, 15) is 4.79 Å². The van der Waals surface area contributed by atoms with E-state index in [0.717, 1.165) is 28.3 Å². The predicted octanol–water partition coefficient (Wildman–Crippen LogP) is 4.14. The Bertz CT molecular complexity index is 643. The molecule has 0 radical (unpaired) electrons. The molecular formula is C19H24N2O2. The third-order valence-corrected chi connectivity index (χ3v) is 3.42. The van der Waals surface area contributed by atoms with Crippen molar-refractivity contribution in [1.29, 1.82) is 0 Å². The Kier molecular flexibility index (Phi) is 5.63. The number of anilines is 2. The number of nitrogens with one attached hydrogen (secondary N) is 2. The van der Waals surface area contributed by atoms with Gasteiger partial charge in [-0.1, -0.05) is 18.2 Å². The summed E-state index contributed by atoms with van der Waals surface area (Å²) in [4.78, 5) is 12.1. The van der Waals surface area contributed by atoms with E-state index in [4.69, 9.17) is 4.74 Å². The first-order valence-corrected chi connectivity index (χ1v) is 7.82. The van der Waals surface area contributed by atoms with Gasteiger partial charge in [-0.2, -0.15) is 0 Å². The number of rotatable bonds is 6. The summed E-state index contributed by atoms with van der Waals surface area (Å²) >= 11 is 0.